The van der Waals surface area contributed by atoms with Gasteiger partial charge in [0.25, 0.3) is 0 Å². The highest BCUT2D eigenvalue weighted by Crippen LogP contribution is 2.33. The molecule has 1 fully saturated rings. The molecule has 0 saturated carbocycles. The summed E-state index contributed by atoms with van der Waals surface area (Å²) in [6.07, 6.45) is -0.779. The van der Waals surface area contributed by atoms with Gasteiger partial charge < -0.3 is 15.6 Å². The van der Waals surface area contributed by atoms with Crippen LogP contribution in [-0.4, -0.2) is 33.5 Å². The molecule has 0 spiro atoms. The number of aromatic nitrogens is 2. The van der Waals surface area contributed by atoms with Crippen LogP contribution in [0.2, 0.25) is 0 Å². The van der Waals surface area contributed by atoms with Crippen LogP contribution in [0.4, 0.5) is 5.82 Å². The van der Waals surface area contributed by atoms with Gasteiger partial charge in [0.15, 0.2) is 6.23 Å². The number of aliphatic hydroxyl groups excluding tert-OH is 1. The van der Waals surface area contributed by atoms with Gasteiger partial charge in [0.2, 0.25) is 0 Å². The smallest absolute Gasteiger partial charge is 0.351 e. The van der Waals surface area contributed by atoms with E-state index in [1.165, 1.54) is 16.8 Å². The van der Waals surface area contributed by atoms with E-state index in [9.17, 15) is 14.5 Å². The zero-order valence-electron chi connectivity index (χ0n) is 10.2. The van der Waals surface area contributed by atoms with Crippen LogP contribution < -0.4 is 11.4 Å². The quantitative estimate of drug-likeness (QED) is 0.745. The predicted molar refractivity (Wildman–Crippen MR) is 65.5 cm³/mol. The normalized spacial score (nSPS) is 30.8. The summed E-state index contributed by atoms with van der Waals surface area (Å²) in [5, 5.41) is 10.1. The summed E-state index contributed by atoms with van der Waals surface area (Å²) in [4.78, 5) is 15.3. The molecule has 2 rings (SSSR count). The number of nitrogen functional groups attached to an aromatic ring is 1. The van der Waals surface area contributed by atoms with Crippen molar-refractivity contribution in [2.45, 2.75) is 25.4 Å². The van der Waals surface area contributed by atoms with Gasteiger partial charge in [0, 0.05) is 12.1 Å². The highest BCUT2D eigenvalue weighted by atomic mass is 31.1. The lowest BCUT2D eigenvalue weighted by Gasteiger charge is -2.17. The van der Waals surface area contributed by atoms with Crippen LogP contribution in [0.1, 0.15) is 13.2 Å². The van der Waals surface area contributed by atoms with E-state index in [2.05, 4.69) is 4.98 Å². The van der Waals surface area contributed by atoms with Gasteiger partial charge in [-0.2, -0.15) is 4.98 Å². The predicted octanol–water partition coefficient (Wildman–Crippen LogP) is -0.0568. The van der Waals surface area contributed by atoms with Gasteiger partial charge in [-0.1, -0.05) is 6.92 Å². The number of rotatable bonds is 4. The molecule has 3 N–H and O–H groups in total. The first kappa shape index (κ1) is 14.1. The van der Waals surface area contributed by atoms with E-state index in [1.54, 1.807) is 6.92 Å². The minimum atomic E-state index is -0.889. The lowest BCUT2D eigenvalue weighted by Crippen LogP contribution is -2.33. The van der Waals surface area contributed by atoms with Gasteiger partial charge >= 0.3 is 14.4 Å². The summed E-state index contributed by atoms with van der Waals surface area (Å²) in [7, 11) is -0.452. The lowest BCUT2D eigenvalue weighted by atomic mass is 10.0. The molecule has 0 aliphatic carbocycles. The minimum absolute atomic E-state index is 0.0664. The lowest BCUT2D eigenvalue weighted by molar-refractivity contribution is -0.0494. The molecule has 0 aromatic carbocycles. The maximum atomic E-state index is 11.7. The Labute approximate surface area is 110 Å². The van der Waals surface area contributed by atoms with Gasteiger partial charge in [-0.15, -0.1) is 0 Å². The van der Waals surface area contributed by atoms with Gasteiger partial charge in [0.05, 0.1) is 12.7 Å². The number of aliphatic hydroxyl groups is 1. The molecular weight excluding hydrogens is 273 g/mol. The Hall–Kier alpha value is -1.34. The fourth-order valence-electron chi connectivity index (χ4n) is 2.01. The van der Waals surface area contributed by atoms with Crippen molar-refractivity contribution in [2.24, 2.45) is 5.92 Å². The summed E-state index contributed by atoms with van der Waals surface area (Å²) >= 11 is 0. The number of ether oxygens (including phenoxy) is 1. The molecule has 104 valence electrons. The third-order valence-electron chi connectivity index (χ3n) is 3.15. The summed E-state index contributed by atoms with van der Waals surface area (Å²) < 4.78 is 21.7. The minimum Gasteiger partial charge on any atom is -0.388 e. The molecule has 1 aliphatic heterocycles. The van der Waals surface area contributed by atoms with Crippen LogP contribution in [-0.2, 0) is 13.8 Å². The van der Waals surface area contributed by atoms with Crippen molar-refractivity contribution < 1.29 is 18.9 Å². The van der Waals surface area contributed by atoms with Crippen LogP contribution in [0, 0.1) is 5.92 Å². The van der Waals surface area contributed by atoms with Gasteiger partial charge in [-0.25, -0.2) is 9.36 Å². The maximum absolute atomic E-state index is 11.7. The maximum Gasteiger partial charge on any atom is 0.351 e. The Morgan fingerprint density at radius 3 is 3.05 bits per heavy atom. The highest BCUT2D eigenvalue weighted by Gasteiger charge is 2.42. The van der Waals surface area contributed by atoms with Crippen LogP contribution in [0.3, 0.4) is 0 Å². The highest BCUT2D eigenvalue weighted by molar-refractivity contribution is 7.17. The second kappa shape index (κ2) is 5.75. The summed E-state index contributed by atoms with van der Waals surface area (Å²) in [5.74, 6) is -0.164. The molecular formula is C10H14N3O5P. The van der Waals surface area contributed by atoms with E-state index < -0.39 is 32.8 Å². The number of hydrogen-bond acceptors (Lipinski definition) is 7. The number of hydrogen-bond donors (Lipinski definition) is 2. The van der Waals surface area contributed by atoms with E-state index in [1.807, 2.05) is 0 Å². The zero-order chi connectivity index (χ0) is 14.0. The standard InChI is InChI=1S/C10H14N3O5P/c1-5-6(4-17-19-16)18-9(8(5)14)13-3-2-7(11)12-10(13)15/h2-3,5-6,8-9,14H,4H2,1H3,(H2,11,12,15)/t5-,6?,8+,9-/m1/s1. The molecule has 0 amide bonds. The summed E-state index contributed by atoms with van der Waals surface area (Å²) in [6, 6.07) is 1.45. The Balaban J connectivity index is 2.21. The van der Waals surface area contributed by atoms with Crippen molar-refractivity contribution >= 4 is 14.5 Å². The van der Waals surface area contributed by atoms with E-state index >= 15 is 0 Å². The average Bonchev–Trinajstić information content (AvgIpc) is 2.64. The molecule has 1 aromatic heterocycles. The summed E-state index contributed by atoms with van der Waals surface area (Å²) in [6.45, 7) is 1.83. The van der Waals surface area contributed by atoms with Crippen LogP contribution in [0.15, 0.2) is 17.1 Å². The van der Waals surface area contributed by atoms with Crippen LogP contribution >= 0.6 is 8.69 Å². The molecule has 2 heterocycles. The zero-order valence-corrected chi connectivity index (χ0v) is 11.1. The van der Waals surface area contributed by atoms with E-state index in [0.717, 1.165) is 0 Å². The van der Waals surface area contributed by atoms with Crippen molar-refractivity contribution in [1.82, 2.24) is 9.55 Å². The average molecular weight is 287 g/mol. The van der Waals surface area contributed by atoms with Gasteiger partial charge in [-0.3, -0.25) is 9.09 Å². The number of nitrogens with zero attached hydrogens (tertiary/aromatic N) is 2. The van der Waals surface area contributed by atoms with Gasteiger partial charge in [-0.05, 0) is 6.07 Å². The van der Waals surface area contributed by atoms with Gasteiger partial charge in [0.1, 0.15) is 11.9 Å². The first-order valence-electron chi connectivity index (χ1n) is 5.67. The SMILES string of the molecule is C[C@@H]1C(COP=O)O[C@@H](n2ccc(N)nc2=O)[C@H]1O. The molecule has 1 aromatic rings. The van der Waals surface area contributed by atoms with Crippen molar-refractivity contribution in [1.29, 1.82) is 0 Å². The van der Waals surface area contributed by atoms with E-state index in [-0.39, 0.29) is 18.3 Å². The summed E-state index contributed by atoms with van der Waals surface area (Å²) in [5.41, 5.74) is 4.80. The van der Waals surface area contributed by atoms with Crippen molar-refractivity contribution in [2.75, 3.05) is 12.3 Å². The number of nitrogens with two attached hydrogens (primary N) is 1. The molecule has 9 heteroatoms. The monoisotopic (exact) mass is 287 g/mol. The molecule has 4 atom stereocenters. The van der Waals surface area contributed by atoms with Crippen molar-refractivity contribution in [3.63, 3.8) is 0 Å². The second-order valence-electron chi connectivity index (χ2n) is 4.33. The van der Waals surface area contributed by atoms with Crippen molar-refractivity contribution in [3.8, 4) is 0 Å². The molecule has 1 aliphatic rings. The molecule has 1 unspecified atom stereocenters. The van der Waals surface area contributed by atoms with Crippen LogP contribution in [0.5, 0.6) is 0 Å². The number of anilines is 1. The fourth-order valence-corrected chi connectivity index (χ4v) is 2.22. The first-order valence-corrected chi connectivity index (χ1v) is 6.40. The molecule has 19 heavy (non-hydrogen) atoms. The molecule has 0 bridgehead atoms. The third-order valence-corrected chi connectivity index (χ3v) is 3.40. The fraction of sp³-hybridized carbons (Fsp3) is 0.600. The first-order chi connectivity index (χ1) is 9.04. The van der Waals surface area contributed by atoms with Crippen LogP contribution in [0.25, 0.3) is 0 Å². The largest absolute Gasteiger partial charge is 0.388 e. The Morgan fingerprint density at radius 1 is 1.68 bits per heavy atom. The van der Waals surface area contributed by atoms with E-state index in [4.69, 9.17) is 15.0 Å². The second-order valence-corrected chi connectivity index (χ2v) is 4.73. The Bertz CT molecular complexity index is 522. The molecule has 1 saturated heterocycles. The molecule has 8 nitrogen and oxygen atoms in total. The topological polar surface area (TPSA) is 117 Å². The van der Waals surface area contributed by atoms with E-state index in [0.29, 0.717) is 0 Å². The third kappa shape index (κ3) is 2.82. The van der Waals surface area contributed by atoms with Crippen molar-refractivity contribution in [3.05, 3.63) is 22.7 Å². The Morgan fingerprint density at radius 2 is 2.42 bits per heavy atom. The Kier molecular flexibility index (Phi) is 4.26. The molecule has 0 radical (unpaired) electrons.